The second kappa shape index (κ2) is 5.51. The molecule has 0 saturated heterocycles. The zero-order valence-corrected chi connectivity index (χ0v) is 11.2. The molecule has 0 atom stereocenters. The van der Waals surface area contributed by atoms with E-state index in [0.29, 0.717) is 11.7 Å². The fourth-order valence-corrected chi connectivity index (χ4v) is 1.57. The van der Waals surface area contributed by atoms with Crippen LogP contribution in [-0.2, 0) is 11.8 Å². The molecule has 0 fully saturated rings. The van der Waals surface area contributed by atoms with Gasteiger partial charge in [-0.2, -0.15) is 10.2 Å². The maximum Gasteiger partial charge on any atom is 0.249 e. The quantitative estimate of drug-likeness (QED) is 0.824. The molecule has 19 heavy (non-hydrogen) atoms. The summed E-state index contributed by atoms with van der Waals surface area (Å²) in [6.07, 6.45) is 4.85. The molecule has 2 aromatic heterocycles. The van der Waals surface area contributed by atoms with Crippen LogP contribution < -0.4 is 5.32 Å². The van der Waals surface area contributed by atoms with Crippen molar-refractivity contribution in [1.29, 1.82) is 0 Å². The summed E-state index contributed by atoms with van der Waals surface area (Å²) in [4.78, 5) is 11.7. The van der Waals surface area contributed by atoms with Gasteiger partial charge in [-0.05, 0) is 18.1 Å². The summed E-state index contributed by atoms with van der Waals surface area (Å²) < 4.78 is 1.69. The Bertz CT molecular complexity index is 594. The molecular weight excluding hydrogens is 242 g/mol. The Kier molecular flexibility index (Phi) is 3.79. The second-order valence-electron chi connectivity index (χ2n) is 4.57. The number of anilines is 1. The fourth-order valence-electron chi connectivity index (χ4n) is 1.57. The highest BCUT2D eigenvalue weighted by Gasteiger charge is 2.06. The standard InChI is InChI=1S/C13H17N5O/c1-9(2)11-8-12(17-16-11)15-13(19)5-4-10-6-7-14-18(10)3/h4-9H,1-3H3,(H2,15,16,17,19)/b5-4+. The van der Waals surface area contributed by atoms with E-state index < -0.39 is 0 Å². The van der Waals surface area contributed by atoms with E-state index in [1.165, 1.54) is 6.08 Å². The monoisotopic (exact) mass is 259 g/mol. The van der Waals surface area contributed by atoms with Crippen LogP contribution in [0.2, 0.25) is 0 Å². The van der Waals surface area contributed by atoms with E-state index >= 15 is 0 Å². The molecule has 6 heteroatoms. The lowest BCUT2D eigenvalue weighted by molar-refractivity contribution is -0.111. The Morgan fingerprint density at radius 3 is 2.89 bits per heavy atom. The van der Waals surface area contributed by atoms with Gasteiger partial charge in [0.05, 0.1) is 5.69 Å². The van der Waals surface area contributed by atoms with Crippen LogP contribution in [0.4, 0.5) is 5.82 Å². The third-order valence-electron chi connectivity index (χ3n) is 2.74. The van der Waals surface area contributed by atoms with Crippen molar-refractivity contribution in [2.75, 3.05) is 5.32 Å². The van der Waals surface area contributed by atoms with Crippen LogP contribution in [0.5, 0.6) is 0 Å². The number of aromatic nitrogens is 4. The van der Waals surface area contributed by atoms with E-state index in [-0.39, 0.29) is 5.91 Å². The molecule has 2 rings (SSSR count). The fraction of sp³-hybridized carbons (Fsp3) is 0.308. The number of H-pyrrole nitrogens is 1. The van der Waals surface area contributed by atoms with Gasteiger partial charge in [0.2, 0.25) is 5.91 Å². The summed E-state index contributed by atoms with van der Waals surface area (Å²) in [5.74, 6) is 0.662. The summed E-state index contributed by atoms with van der Waals surface area (Å²) in [6.45, 7) is 4.11. The number of aromatic amines is 1. The maximum atomic E-state index is 11.7. The molecule has 0 bridgehead atoms. The molecule has 0 aliphatic carbocycles. The molecule has 0 aromatic carbocycles. The Labute approximate surface area is 111 Å². The van der Waals surface area contributed by atoms with E-state index in [0.717, 1.165) is 11.4 Å². The van der Waals surface area contributed by atoms with E-state index in [4.69, 9.17) is 0 Å². The molecule has 2 aromatic rings. The average Bonchev–Trinajstić information content (AvgIpc) is 2.96. The molecule has 2 heterocycles. The normalized spacial score (nSPS) is 11.4. The van der Waals surface area contributed by atoms with Gasteiger partial charge in [-0.3, -0.25) is 14.6 Å². The molecular formula is C13H17N5O. The van der Waals surface area contributed by atoms with Gasteiger partial charge in [0, 0.05) is 31.1 Å². The second-order valence-corrected chi connectivity index (χ2v) is 4.57. The Morgan fingerprint density at radius 1 is 1.53 bits per heavy atom. The van der Waals surface area contributed by atoms with Crippen molar-refractivity contribution in [2.24, 2.45) is 7.05 Å². The van der Waals surface area contributed by atoms with Crippen molar-refractivity contribution in [3.05, 3.63) is 35.8 Å². The van der Waals surface area contributed by atoms with Gasteiger partial charge >= 0.3 is 0 Å². The minimum Gasteiger partial charge on any atom is -0.306 e. The summed E-state index contributed by atoms with van der Waals surface area (Å²) in [7, 11) is 1.82. The lowest BCUT2D eigenvalue weighted by Gasteiger charge is -1.97. The van der Waals surface area contributed by atoms with Gasteiger partial charge in [0.25, 0.3) is 0 Å². The molecule has 0 aliphatic rings. The molecule has 0 unspecified atom stereocenters. The molecule has 0 aliphatic heterocycles. The number of nitrogens with one attached hydrogen (secondary N) is 2. The number of nitrogens with zero attached hydrogens (tertiary/aromatic N) is 3. The van der Waals surface area contributed by atoms with Crippen LogP contribution in [0, 0.1) is 0 Å². The Hall–Kier alpha value is -2.37. The number of aryl methyl sites for hydroxylation is 1. The van der Waals surface area contributed by atoms with Gasteiger partial charge in [-0.25, -0.2) is 0 Å². The van der Waals surface area contributed by atoms with E-state index in [9.17, 15) is 4.79 Å². The van der Waals surface area contributed by atoms with Crippen molar-refractivity contribution in [3.8, 4) is 0 Å². The van der Waals surface area contributed by atoms with Gasteiger partial charge in [0.1, 0.15) is 0 Å². The number of hydrogen-bond donors (Lipinski definition) is 2. The van der Waals surface area contributed by atoms with Crippen LogP contribution in [0.3, 0.4) is 0 Å². The van der Waals surface area contributed by atoms with Crippen molar-refractivity contribution in [1.82, 2.24) is 20.0 Å². The van der Waals surface area contributed by atoms with Crippen molar-refractivity contribution < 1.29 is 4.79 Å². The number of hydrogen-bond acceptors (Lipinski definition) is 3. The lowest BCUT2D eigenvalue weighted by atomic mass is 10.1. The average molecular weight is 259 g/mol. The molecule has 100 valence electrons. The SMILES string of the molecule is CC(C)c1cc(NC(=O)/C=C/c2ccnn2C)n[nH]1. The maximum absolute atomic E-state index is 11.7. The number of carbonyl (C=O) groups is 1. The van der Waals surface area contributed by atoms with Crippen LogP contribution in [-0.4, -0.2) is 25.9 Å². The topological polar surface area (TPSA) is 75.6 Å². The Balaban J connectivity index is 1.97. The van der Waals surface area contributed by atoms with Crippen molar-refractivity contribution in [3.63, 3.8) is 0 Å². The number of amides is 1. The van der Waals surface area contributed by atoms with Gasteiger partial charge in [-0.15, -0.1) is 0 Å². The zero-order valence-electron chi connectivity index (χ0n) is 11.2. The predicted molar refractivity (Wildman–Crippen MR) is 73.5 cm³/mol. The first-order chi connectivity index (χ1) is 9.06. The molecule has 0 spiro atoms. The largest absolute Gasteiger partial charge is 0.306 e. The zero-order chi connectivity index (χ0) is 13.8. The lowest BCUT2D eigenvalue weighted by Crippen LogP contribution is -2.08. The predicted octanol–water partition coefficient (Wildman–Crippen LogP) is 1.92. The first-order valence-corrected chi connectivity index (χ1v) is 6.08. The molecule has 2 N–H and O–H groups in total. The summed E-state index contributed by atoms with van der Waals surface area (Å²) in [6, 6.07) is 3.66. The molecule has 6 nitrogen and oxygen atoms in total. The van der Waals surface area contributed by atoms with Crippen molar-refractivity contribution >= 4 is 17.8 Å². The third-order valence-corrected chi connectivity index (χ3v) is 2.74. The minimum absolute atomic E-state index is 0.219. The van der Waals surface area contributed by atoms with Crippen LogP contribution in [0.25, 0.3) is 6.08 Å². The number of carbonyl (C=O) groups excluding carboxylic acids is 1. The molecule has 0 saturated carbocycles. The van der Waals surface area contributed by atoms with Gasteiger partial charge in [-0.1, -0.05) is 13.8 Å². The van der Waals surface area contributed by atoms with Crippen LogP contribution in [0.15, 0.2) is 24.4 Å². The molecule has 1 amide bonds. The van der Waals surface area contributed by atoms with Crippen LogP contribution >= 0.6 is 0 Å². The van der Waals surface area contributed by atoms with Crippen molar-refractivity contribution in [2.45, 2.75) is 19.8 Å². The number of rotatable bonds is 4. The van der Waals surface area contributed by atoms with E-state index in [2.05, 4.69) is 34.5 Å². The summed E-state index contributed by atoms with van der Waals surface area (Å²) in [5, 5.41) is 13.6. The van der Waals surface area contributed by atoms with E-state index in [1.807, 2.05) is 19.2 Å². The van der Waals surface area contributed by atoms with Crippen LogP contribution in [0.1, 0.15) is 31.2 Å². The summed E-state index contributed by atoms with van der Waals surface area (Å²) >= 11 is 0. The molecule has 0 radical (unpaired) electrons. The third kappa shape index (κ3) is 3.31. The smallest absolute Gasteiger partial charge is 0.249 e. The highest BCUT2D eigenvalue weighted by atomic mass is 16.1. The highest BCUT2D eigenvalue weighted by Crippen LogP contribution is 2.14. The summed E-state index contributed by atoms with van der Waals surface area (Å²) in [5.41, 5.74) is 1.85. The first-order valence-electron chi connectivity index (χ1n) is 6.08. The van der Waals surface area contributed by atoms with E-state index in [1.54, 1.807) is 17.0 Å². The van der Waals surface area contributed by atoms with Gasteiger partial charge in [0.15, 0.2) is 5.82 Å². The Morgan fingerprint density at radius 2 is 2.32 bits per heavy atom. The minimum atomic E-state index is -0.219. The first kappa shape index (κ1) is 13.1. The highest BCUT2D eigenvalue weighted by molar-refractivity contribution is 6.01. The van der Waals surface area contributed by atoms with Gasteiger partial charge < -0.3 is 5.32 Å².